The highest BCUT2D eigenvalue weighted by molar-refractivity contribution is 7.09. The smallest absolute Gasteiger partial charge is 0.120 e. The average molecular weight is 276 g/mol. The van der Waals surface area contributed by atoms with Gasteiger partial charge in [-0.25, -0.2) is 4.98 Å². The van der Waals surface area contributed by atoms with Gasteiger partial charge in [-0.3, -0.25) is 0 Å². The van der Waals surface area contributed by atoms with Crippen molar-refractivity contribution in [2.75, 3.05) is 6.54 Å². The van der Waals surface area contributed by atoms with E-state index in [9.17, 15) is 5.11 Å². The van der Waals surface area contributed by atoms with Gasteiger partial charge in [0, 0.05) is 35.6 Å². The fourth-order valence-electron chi connectivity index (χ4n) is 2.04. The molecule has 1 heterocycles. The lowest BCUT2D eigenvalue weighted by molar-refractivity contribution is 0.453. The highest BCUT2D eigenvalue weighted by atomic mass is 32.1. The molecule has 1 unspecified atom stereocenters. The number of hydrogen-bond acceptors (Lipinski definition) is 4. The Balaban J connectivity index is 1.90. The van der Waals surface area contributed by atoms with E-state index >= 15 is 0 Å². The predicted molar refractivity (Wildman–Crippen MR) is 79.8 cm³/mol. The minimum absolute atomic E-state index is 0.140. The molecule has 2 aromatic rings. The molecule has 19 heavy (non-hydrogen) atoms. The van der Waals surface area contributed by atoms with Gasteiger partial charge in [0.2, 0.25) is 0 Å². The van der Waals surface area contributed by atoms with Crippen LogP contribution in [0.2, 0.25) is 0 Å². The summed E-state index contributed by atoms with van der Waals surface area (Å²) >= 11 is 1.70. The van der Waals surface area contributed by atoms with Crippen molar-refractivity contribution in [3.8, 4) is 5.75 Å². The largest absolute Gasteiger partial charge is 0.508 e. The molecule has 2 N–H and O–H groups in total. The van der Waals surface area contributed by atoms with Crippen molar-refractivity contribution in [1.29, 1.82) is 0 Å². The molecule has 0 saturated carbocycles. The van der Waals surface area contributed by atoms with Crippen molar-refractivity contribution >= 4 is 11.3 Å². The molecule has 102 valence electrons. The van der Waals surface area contributed by atoms with E-state index in [1.807, 2.05) is 26.0 Å². The molecule has 0 saturated heterocycles. The van der Waals surface area contributed by atoms with E-state index in [-0.39, 0.29) is 6.04 Å². The van der Waals surface area contributed by atoms with Gasteiger partial charge < -0.3 is 10.4 Å². The summed E-state index contributed by atoms with van der Waals surface area (Å²) in [6, 6.07) is 5.85. The summed E-state index contributed by atoms with van der Waals surface area (Å²) in [4.78, 5) is 4.44. The number of nitrogens with one attached hydrogen (secondary N) is 1. The molecule has 2 rings (SSSR count). The molecule has 0 bridgehead atoms. The lowest BCUT2D eigenvalue weighted by atomic mass is 10.0. The summed E-state index contributed by atoms with van der Waals surface area (Å²) in [6.45, 7) is 6.98. The van der Waals surface area contributed by atoms with E-state index in [1.54, 1.807) is 17.4 Å². The maximum atomic E-state index is 9.87. The number of phenolic OH excluding ortho intramolecular Hbond substituents is 1. The van der Waals surface area contributed by atoms with Gasteiger partial charge in [0.25, 0.3) is 0 Å². The summed E-state index contributed by atoms with van der Waals surface area (Å²) in [5, 5.41) is 16.5. The molecule has 0 amide bonds. The minimum Gasteiger partial charge on any atom is -0.508 e. The van der Waals surface area contributed by atoms with E-state index in [4.69, 9.17) is 0 Å². The summed E-state index contributed by atoms with van der Waals surface area (Å²) in [5.74, 6) is 0.357. The number of aromatic hydroxyl groups is 1. The van der Waals surface area contributed by atoms with Crippen LogP contribution < -0.4 is 5.32 Å². The second kappa shape index (κ2) is 6.17. The molecule has 0 radical (unpaired) electrons. The molecule has 1 atom stereocenters. The van der Waals surface area contributed by atoms with E-state index in [0.717, 1.165) is 34.8 Å². The Bertz CT molecular complexity index is 551. The lowest BCUT2D eigenvalue weighted by Crippen LogP contribution is -2.21. The molecule has 0 aliphatic rings. The van der Waals surface area contributed by atoms with Crippen molar-refractivity contribution in [3.63, 3.8) is 0 Å². The molecule has 1 aromatic heterocycles. The minimum atomic E-state index is 0.140. The van der Waals surface area contributed by atoms with Crippen LogP contribution in [0.15, 0.2) is 23.6 Å². The first kappa shape index (κ1) is 14.0. The van der Waals surface area contributed by atoms with Crippen LogP contribution >= 0.6 is 11.3 Å². The second-order valence-electron chi connectivity index (χ2n) is 4.87. The number of hydrogen-bond donors (Lipinski definition) is 2. The first-order valence-electron chi connectivity index (χ1n) is 6.50. The van der Waals surface area contributed by atoms with Gasteiger partial charge in [-0.2, -0.15) is 0 Å². The number of rotatable bonds is 5. The average Bonchev–Trinajstić information content (AvgIpc) is 2.78. The zero-order chi connectivity index (χ0) is 13.8. The Morgan fingerprint density at radius 1 is 1.37 bits per heavy atom. The third-order valence-corrected chi connectivity index (χ3v) is 4.13. The van der Waals surface area contributed by atoms with Crippen molar-refractivity contribution in [3.05, 3.63) is 45.4 Å². The molecule has 3 nitrogen and oxygen atoms in total. The summed E-state index contributed by atoms with van der Waals surface area (Å²) in [5.41, 5.74) is 3.21. The Kier molecular flexibility index (Phi) is 4.56. The van der Waals surface area contributed by atoms with Crippen LogP contribution in [0.1, 0.15) is 34.8 Å². The standard InChI is InChI=1S/C15H20N2OS/c1-10-4-5-14(18)13(8-10)12(3)16-7-6-15-17-11(2)9-19-15/h4-5,8-9,12,16,18H,6-7H2,1-3H3. The van der Waals surface area contributed by atoms with E-state index in [1.165, 1.54) is 0 Å². The lowest BCUT2D eigenvalue weighted by Gasteiger charge is -2.15. The Hall–Kier alpha value is -1.39. The number of nitrogens with zero attached hydrogens (tertiary/aromatic N) is 1. The third-order valence-electron chi connectivity index (χ3n) is 3.11. The molecule has 1 aromatic carbocycles. The zero-order valence-corrected chi connectivity index (χ0v) is 12.4. The van der Waals surface area contributed by atoms with Gasteiger partial charge in [0.05, 0.1) is 5.01 Å². The fraction of sp³-hybridized carbons (Fsp3) is 0.400. The maximum absolute atomic E-state index is 9.87. The number of phenols is 1. The van der Waals surface area contributed by atoms with E-state index in [0.29, 0.717) is 5.75 Å². The molecule has 4 heteroatoms. The molecule has 0 aliphatic carbocycles. The fourth-order valence-corrected chi connectivity index (χ4v) is 2.82. The zero-order valence-electron chi connectivity index (χ0n) is 11.6. The van der Waals surface area contributed by atoms with E-state index < -0.39 is 0 Å². The first-order chi connectivity index (χ1) is 9.06. The van der Waals surface area contributed by atoms with Crippen molar-refractivity contribution < 1.29 is 5.11 Å². The highest BCUT2D eigenvalue weighted by Crippen LogP contribution is 2.24. The van der Waals surface area contributed by atoms with Crippen LogP contribution in [0.5, 0.6) is 5.75 Å². The van der Waals surface area contributed by atoms with Gasteiger partial charge in [0.15, 0.2) is 0 Å². The quantitative estimate of drug-likeness (QED) is 0.880. The predicted octanol–water partition coefficient (Wildman–Crippen LogP) is 3.36. The summed E-state index contributed by atoms with van der Waals surface area (Å²) in [6.07, 6.45) is 0.926. The SMILES string of the molecule is Cc1ccc(O)c(C(C)NCCc2nc(C)cs2)c1. The highest BCUT2D eigenvalue weighted by Gasteiger charge is 2.10. The monoisotopic (exact) mass is 276 g/mol. The van der Waals surface area contributed by atoms with Gasteiger partial charge in [-0.05, 0) is 26.8 Å². The van der Waals surface area contributed by atoms with Crippen molar-refractivity contribution in [2.24, 2.45) is 0 Å². The molecule has 0 spiro atoms. The molecule has 0 aliphatic heterocycles. The summed E-state index contributed by atoms with van der Waals surface area (Å²) < 4.78 is 0. The van der Waals surface area contributed by atoms with Gasteiger partial charge >= 0.3 is 0 Å². The topological polar surface area (TPSA) is 45.1 Å². The normalized spacial score (nSPS) is 12.6. The summed E-state index contributed by atoms with van der Waals surface area (Å²) in [7, 11) is 0. The van der Waals surface area contributed by atoms with Crippen LogP contribution in [0, 0.1) is 13.8 Å². The number of benzene rings is 1. The third kappa shape index (κ3) is 3.78. The second-order valence-corrected chi connectivity index (χ2v) is 5.81. The molecule has 0 fully saturated rings. The van der Waals surface area contributed by atoms with Crippen LogP contribution in [-0.4, -0.2) is 16.6 Å². The Morgan fingerprint density at radius 2 is 2.16 bits per heavy atom. The van der Waals surface area contributed by atoms with Crippen molar-refractivity contribution in [2.45, 2.75) is 33.2 Å². The first-order valence-corrected chi connectivity index (χ1v) is 7.38. The molecular formula is C15H20N2OS. The van der Waals surface area contributed by atoms with Gasteiger partial charge in [0.1, 0.15) is 5.75 Å². The molecular weight excluding hydrogens is 256 g/mol. The van der Waals surface area contributed by atoms with Crippen LogP contribution in [-0.2, 0) is 6.42 Å². The van der Waals surface area contributed by atoms with E-state index in [2.05, 4.69) is 22.6 Å². The Labute approximate surface area is 118 Å². The van der Waals surface area contributed by atoms with Crippen LogP contribution in [0.25, 0.3) is 0 Å². The number of aryl methyl sites for hydroxylation is 2. The van der Waals surface area contributed by atoms with Gasteiger partial charge in [-0.1, -0.05) is 17.7 Å². The maximum Gasteiger partial charge on any atom is 0.120 e. The van der Waals surface area contributed by atoms with Crippen LogP contribution in [0.3, 0.4) is 0 Å². The van der Waals surface area contributed by atoms with Crippen molar-refractivity contribution in [1.82, 2.24) is 10.3 Å². The number of aromatic nitrogens is 1. The van der Waals surface area contributed by atoms with Gasteiger partial charge in [-0.15, -0.1) is 11.3 Å². The Morgan fingerprint density at radius 3 is 2.84 bits per heavy atom. The number of thiazole rings is 1. The van der Waals surface area contributed by atoms with Crippen LogP contribution in [0.4, 0.5) is 0 Å².